The highest BCUT2D eigenvalue weighted by molar-refractivity contribution is 6.30. The molecule has 2 heterocycles. The van der Waals surface area contributed by atoms with Gasteiger partial charge in [0.15, 0.2) is 0 Å². The third-order valence-electron chi connectivity index (χ3n) is 4.22. The molecule has 1 fully saturated rings. The number of piperidine rings is 1. The number of likely N-dealkylation sites (tertiary alicyclic amines) is 1. The number of furan rings is 1. The van der Waals surface area contributed by atoms with Crippen molar-refractivity contribution in [2.45, 2.75) is 18.9 Å². The molecule has 0 aliphatic carbocycles. The lowest BCUT2D eigenvalue weighted by Gasteiger charge is -2.35. The molecule has 0 bridgehead atoms. The number of carboxylic acid groups (broad SMARTS) is 1. The second-order valence-corrected chi connectivity index (χ2v) is 6.06. The molecular formula is C17H18ClNO3. The lowest BCUT2D eigenvalue weighted by molar-refractivity contribution is -0.143. The molecule has 5 heteroatoms. The summed E-state index contributed by atoms with van der Waals surface area (Å²) in [5.74, 6) is -0.0825. The zero-order chi connectivity index (χ0) is 15.5. The Morgan fingerprint density at radius 2 is 2.05 bits per heavy atom. The molecule has 1 saturated heterocycles. The Balaban J connectivity index is 1.86. The molecule has 0 amide bonds. The normalized spacial score (nSPS) is 18.2. The van der Waals surface area contributed by atoms with Gasteiger partial charge in [0.25, 0.3) is 0 Å². The first kappa shape index (κ1) is 15.1. The Morgan fingerprint density at radius 1 is 1.27 bits per heavy atom. The average molecular weight is 320 g/mol. The molecular weight excluding hydrogens is 302 g/mol. The minimum absolute atomic E-state index is 0.0246. The second-order valence-electron chi connectivity index (χ2n) is 5.62. The van der Waals surface area contributed by atoms with Crippen LogP contribution in [0.15, 0.2) is 47.1 Å². The van der Waals surface area contributed by atoms with Crippen molar-refractivity contribution in [3.05, 3.63) is 59.0 Å². The third kappa shape index (κ3) is 3.18. The van der Waals surface area contributed by atoms with E-state index in [-0.39, 0.29) is 12.0 Å². The second kappa shape index (κ2) is 6.55. The molecule has 3 rings (SSSR count). The smallest absolute Gasteiger partial charge is 0.306 e. The van der Waals surface area contributed by atoms with Crippen molar-refractivity contribution in [3.8, 4) is 0 Å². The maximum Gasteiger partial charge on any atom is 0.306 e. The fourth-order valence-corrected chi connectivity index (χ4v) is 3.28. The van der Waals surface area contributed by atoms with Gasteiger partial charge in [0.05, 0.1) is 18.2 Å². The molecule has 22 heavy (non-hydrogen) atoms. The van der Waals surface area contributed by atoms with Crippen molar-refractivity contribution in [2.75, 3.05) is 13.1 Å². The molecule has 1 aliphatic heterocycles. The van der Waals surface area contributed by atoms with Crippen LogP contribution in [-0.2, 0) is 4.79 Å². The molecule has 0 saturated carbocycles. The van der Waals surface area contributed by atoms with E-state index in [2.05, 4.69) is 4.90 Å². The molecule has 1 atom stereocenters. The topological polar surface area (TPSA) is 53.7 Å². The van der Waals surface area contributed by atoms with Crippen LogP contribution in [0.2, 0.25) is 5.02 Å². The summed E-state index contributed by atoms with van der Waals surface area (Å²) >= 11 is 6.13. The summed E-state index contributed by atoms with van der Waals surface area (Å²) in [7, 11) is 0. The van der Waals surface area contributed by atoms with Gasteiger partial charge in [0.2, 0.25) is 0 Å². The molecule has 4 nitrogen and oxygen atoms in total. The van der Waals surface area contributed by atoms with E-state index in [1.165, 1.54) is 0 Å². The molecule has 1 aromatic carbocycles. The van der Waals surface area contributed by atoms with Crippen LogP contribution >= 0.6 is 11.6 Å². The van der Waals surface area contributed by atoms with Crippen molar-refractivity contribution < 1.29 is 14.3 Å². The van der Waals surface area contributed by atoms with Crippen molar-refractivity contribution in [1.82, 2.24) is 4.90 Å². The van der Waals surface area contributed by atoms with Crippen LogP contribution in [0.25, 0.3) is 0 Å². The van der Waals surface area contributed by atoms with Crippen LogP contribution in [0, 0.1) is 5.92 Å². The molecule has 1 aromatic heterocycles. The minimum Gasteiger partial charge on any atom is -0.481 e. The van der Waals surface area contributed by atoms with Crippen molar-refractivity contribution in [3.63, 3.8) is 0 Å². The minimum atomic E-state index is -0.697. The first-order valence-electron chi connectivity index (χ1n) is 7.41. The lowest BCUT2D eigenvalue weighted by Crippen LogP contribution is -2.39. The predicted molar refractivity (Wildman–Crippen MR) is 83.9 cm³/mol. The van der Waals surface area contributed by atoms with Gasteiger partial charge in [-0.3, -0.25) is 9.69 Å². The highest BCUT2D eigenvalue weighted by Crippen LogP contribution is 2.33. The van der Waals surface area contributed by atoms with Crippen LogP contribution < -0.4 is 0 Å². The Kier molecular flexibility index (Phi) is 4.50. The zero-order valence-electron chi connectivity index (χ0n) is 12.1. The Labute approximate surface area is 134 Å². The van der Waals surface area contributed by atoms with E-state index in [0.717, 1.165) is 24.4 Å². The number of benzene rings is 1. The monoisotopic (exact) mass is 319 g/mol. The van der Waals surface area contributed by atoms with Crippen molar-refractivity contribution in [1.29, 1.82) is 0 Å². The molecule has 1 aliphatic rings. The van der Waals surface area contributed by atoms with Gasteiger partial charge < -0.3 is 9.52 Å². The van der Waals surface area contributed by atoms with E-state index in [4.69, 9.17) is 21.1 Å². The van der Waals surface area contributed by atoms with Crippen molar-refractivity contribution in [2.24, 2.45) is 5.92 Å². The summed E-state index contributed by atoms with van der Waals surface area (Å²) < 4.78 is 5.62. The summed E-state index contributed by atoms with van der Waals surface area (Å²) in [6, 6.07) is 11.5. The Morgan fingerprint density at radius 3 is 2.64 bits per heavy atom. The highest BCUT2D eigenvalue weighted by Gasteiger charge is 2.31. The maximum absolute atomic E-state index is 11.1. The number of carbonyl (C=O) groups is 1. The van der Waals surface area contributed by atoms with Crippen LogP contribution in [0.1, 0.15) is 30.2 Å². The zero-order valence-corrected chi connectivity index (χ0v) is 12.9. The van der Waals surface area contributed by atoms with Crippen LogP contribution in [0.3, 0.4) is 0 Å². The Hall–Kier alpha value is -1.78. The van der Waals surface area contributed by atoms with E-state index in [9.17, 15) is 4.79 Å². The molecule has 0 spiro atoms. The largest absolute Gasteiger partial charge is 0.481 e. The maximum atomic E-state index is 11.1. The number of halogens is 1. The lowest BCUT2D eigenvalue weighted by atomic mass is 9.93. The Bertz CT molecular complexity index is 633. The fourth-order valence-electron chi connectivity index (χ4n) is 3.08. The third-order valence-corrected chi connectivity index (χ3v) is 4.46. The van der Waals surface area contributed by atoms with E-state index in [0.29, 0.717) is 17.9 Å². The SMILES string of the molecule is O=C(O)C1CCN(C(c2cccc(Cl)c2)c2ccco2)CC1. The first-order chi connectivity index (χ1) is 10.6. The number of hydrogen-bond acceptors (Lipinski definition) is 3. The van der Waals surface area contributed by atoms with Crippen molar-refractivity contribution >= 4 is 17.6 Å². The predicted octanol–water partition coefficient (Wildman–Crippen LogP) is 3.82. The molecule has 1 N–H and O–H groups in total. The van der Waals surface area contributed by atoms with Gasteiger partial charge >= 0.3 is 5.97 Å². The van der Waals surface area contributed by atoms with Crippen LogP contribution in [0.4, 0.5) is 0 Å². The van der Waals surface area contributed by atoms with Gasteiger partial charge in [-0.1, -0.05) is 23.7 Å². The van der Waals surface area contributed by atoms with Gasteiger partial charge in [-0.2, -0.15) is 0 Å². The molecule has 0 radical (unpaired) electrons. The van der Waals surface area contributed by atoms with E-state index < -0.39 is 5.97 Å². The average Bonchev–Trinajstić information content (AvgIpc) is 3.02. The summed E-state index contributed by atoms with van der Waals surface area (Å²) in [6.45, 7) is 1.46. The quantitative estimate of drug-likeness (QED) is 0.930. The van der Waals surface area contributed by atoms with E-state index >= 15 is 0 Å². The summed E-state index contributed by atoms with van der Waals surface area (Å²) in [5, 5.41) is 9.84. The fraction of sp³-hybridized carbons (Fsp3) is 0.353. The van der Waals surface area contributed by atoms with Gasteiger partial charge in [-0.05, 0) is 55.8 Å². The number of aliphatic carboxylic acids is 1. The number of rotatable bonds is 4. The first-order valence-corrected chi connectivity index (χ1v) is 7.78. The van der Waals surface area contributed by atoms with Crippen LogP contribution in [-0.4, -0.2) is 29.1 Å². The molecule has 1 unspecified atom stereocenters. The van der Waals surface area contributed by atoms with Crippen LogP contribution in [0.5, 0.6) is 0 Å². The molecule has 116 valence electrons. The van der Waals surface area contributed by atoms with Gasteiger partial charge in [-0.25, -0.2) is 0 Å². The summed E-state index contributed by atoms with van der Waals surface area (Å²) in [6.07, 6.45) is 2.98. The van der Waals surface area contributed by atoms with E-state index in [1.54, 1.807) is 6.26 Å². The van der Waals surface area contributed by atoms with Gasteiger partial charge in [0, 0.05) is 5.02 Å². The number of nitrogens with zero attached hydrogens (tertiary/aromatic N) is 1. The van der Waals surface area contributed by atoms with Gasteiger partial charge in [0.1, 0.15) is 5.76 Å². The standard InChI is InChI=1S/C17H18ClNO3/c18-14-4-1-3-13(11-14)16(15-5-2-10-22-15)19-8-6-12(7-9-19)17(20)21/h1-5,10-12,16H,6-9H2,(H,20,21). The van der Waals surface area contributed by atoms with Gasteiger partial charge in [-0.15, -0.1) is 0 Å². The molecule has 2 aromatic rings. The summed E-state index contributed by atoms with van der Waals surface area (Å²) in [4.78, 5) is 13.4. The number of hydrogen-bond donors (Lipinski definition) is 1. The summed E-state index contributed by atoms with van der Waals surface area (Å²) in [5.41, 5.74) is 1.07. The van der Waals surface area contributed by atoms with E-state index in [1.807, 2.05) is 36.4 Å². The number of carboxylic acids is 1. The highest BCUT2D eigenvalue weighted by atomic mass is 35.5.